The highest BCUT2D eigenvalue weighted by atomic mass is 19.1. The molecule has 146 valence electrons. The van der Waals surface area contributed by atoms with Crippen molar-refractivity contribution in [3.05, 3.63) is 59.7 Å². The van der Waals surface area contributed by atoms with Gasteiger partial charge in [0.05, 0.1) is 18.7 Å². The van der Waals surface area contributed by atoms with Crippen molar-refractivity contribution >= 4 is 16.9 Å². The zero-order chi connectivity index (χ0) is 19.5. The third-order valence-electron chi connectivity index (χ3n) is 5.21. The maximum Gasteiger partial charge on any atom is 0.224 e. The summed E-state index contributed by atoms with van der Waals surface area (Å²) in [4.78, 5) is 19.0. The average molecular weight is 381 g/mol. The Balaban J connectivity index is 1.41. The van der Waals surface area contributed by atoms with Gasteiger partial charge in [0.1, 0.15) is 5.82 Å². The maximum atomic E-state index is 13.2. The van der Waals surface area contributed by atoms with Gasteiger partial charge in [-0.05, 0) is 49.8 Å². The van der Waals surface area contributed by atoms with Gasteiger partial charge in [0, 0.05) is 30.6 Å². The standard InChI is InChI=1S/C21H24FN5O/c1-26-10-7-16(14-26)20-18-6-3-8-24-21(18)27(25-20)11-9-23-19(28)13-15-4-2-5-17(22)12-15/h2-6,8,12,16H,7,9-11,13-14H2,1H3,(H,23,28)/t16-/m1/s1. The number of carbonyl (C=O) groups is 1. The Kier molecular flexibility index (Phi) is 5.34. The largest absolute Gasteiger partial charge is 0.354 e. The first-order valence-corrected chi connectivity index (χ1v) is 9.61. The number of likely N-dealkylation sites (tertiary alicyclic amines) is 1. The minimum absolute atomic E-state index is 0.132. The summed E-state index contributed by atoms with van der Waals surface area (Å²) in [6.07, 6.45) is 3.03. The van der Waals surface area contributed by atoms with Crippen LogP contribution in [-0.2, 0) is 17.8 Å². The monoisotopic (exact) mass is 381 g/mol. The van der Waals surface area contributed by atoms with E-state index in [4.69, 9.17) is 5.10 Å². The molecule has 0 spiro atoms. The molecule has 0 saturated carbocycles. The number of amides is 1. The van der Waals surface area contributed by atoms with Crippen molar-refractivity contribution in [3.8, 4) is 0 Å². The second-order valence-electron chi connectivity index (χ2n) is 7.39. The lowest BCUT2D eigenvalue weighted by Gasteiger charge is -2.08. The molecule has 6 nitrogen and oxygen atoms in total. The van der Waals surface area contributed by atoms with Crippen LogP contribution in [0.3, 0.4) is 0 Å². The predicted octanol–water partition coefficient (Wildman–Crippen LogP) is 2.35. The van der Waals surface area contributed by atoms with E-state index < -0.39 is 0 Å². The van der Waals surface area contributed by atoms with Crippen LogP contribution in [0.25, 0.3) is 11.0 Å². The van der Waals surface area contributed by atoms with Gasteiger partial charge in [-0.2, -0.15) is 5.10 Å². The van der Waals surface area contributed by atoms with Crippen molar-refractivity contribution in [2.45, 2.75) is 25.3 Å². The lowest BCUT2D eigenvalue weighted by molar-refractivity contribution is -0.120. The molecule has 1 N–H and O–H groups in total. The Morgan fingerprint density at radius 1 is 1.32 bits per heavy atom. The summed E-state index contributed by atoms with van der Waals surface area (Å²) in [6.45, 7) is 3.08. The van der Waals surface area contributed by atoms with Gasteiger partial charge in [-0.15, -0.1) is 0 Å². The zero-order valence-electron chi connectivity index (χ0n) is 15.9. The van der Waals surface area contributed by atoms with E-state index in [1.807, 2.05) is 10.7 Å². The van der Waals surface area contributed by atoms with Gasteiger partial charge >= 0.3 is 0 Å². The van der Waals surface area contributed by atoms with Crippen LogP contribution in [-0.4, -0.2) is 52.3 Å². The first kappa shape index (κ1) is 18.6. The molecule has 0 bridgehead atoms. The van der Waals surface area contributed by atoms with Gasteiger partial charge in [-0.1, -0.05) is 12.1 Å². The van der Waals surface area contributed by atoms with Crippen molar-refractivity contribution in [3.63, 3.8) is 0 Å². The van der Waals surface area contributed by atoms with Crippen LogP contribution in [0.2, 0.25) is 0 Å². The molecule has 1 aliphatic heterocycles. The Bertz CT molecular complexity index is 986. The van der Waals surface area contributed by atoms with Crippen molar-refractivity contribution in [2.24, 2.45) is 0 Å². The SMILES string of the molecule is CN1CC[C@@H](c2nn(CCNC(=O)Cc3cccc(F)c3)c3ncccc23)C1. The number of aromatic nitrogens is 3. The van der Waals surface area contributed by atoms with Crippen LogP contribution in [0.4, 0.5) is 4.39 Å². The van der Waals surface area contributed by atoms with Gasteiger partial charge in [-0.3, -0.25) is 4.79 Å². The van der Waals surface area contributed by atoms with E-state index in [-0.39, 0.29) is 18.1 Å². The summed E-state index contributed by atoms with van der Waals surface area (Å²) in [5.74, 6) is -0.0438. The summed E-state index contributed by atoms with van der Waals surface area (Å²) >= 11 is 0. The van der Waals surface area contributed by atoms with Crippen LogP contribution in [0.1, 0.15) is 23.6 Å². The number of rotatable bonds is 6. The molecule has 3 aromatic rings. The predicted molar refractivity (Wildman–Crippen MR) is 105 cm³/mol. The number of fused-ring (bicyclic) bond motifs is 1. The highest BCUT2D eigenvalue weighted by molar-refractivity contribution is 5.79. The molecule has 1 aromatic carbocycles. The molecule has 2 aromatic heterocycles. The molecule has 1 amide bonds. The van der Waals surface area contributed by atoms with Gasteiger partial charge in [-0.25, -0.2) is 14.1 Å². The number of hydrogen-bond donors (Lipinski definition) is 1. The van der Waals surface area contributed by atoms with E-state index in [0.717, 1.165) is 36.2 Å². The average Bonchev–Trinajstić information content (AvgIpc) is 3.26. The van der Waals surface area contributed by atoms with E-state index in [1.165, 1.54) is 12.1 Å². The van der Waals surface area contributed by atoms with Gasteiger partial charge in [0.2, 0.25) is 5.91 Å². The smallest absolute Gasteiger partial charge is 0.224 e. The molecule has 1 fully saturated rings. The van der Waals surface area contributed by atoms with Crippen LogP contribution < -0.4 is 5.32 Å². The molecule has 1 saturated heterocycles. The van der Waals surface area contributed by atoms with Crippen molar-refractivity contribution in [2.75, 3.05) is 26.7 Å². The summed E-state index contributed by atoms with van der Waals surface area (Å²) in [5, 5.41) is 8.81. The van der Waals surface area contributed by atoms with E-state index in [1.54, 1.807) is 18.3 Å². The second kappa shape index (κ2) is 8.06. The molecule has 7 heteroatoms. The zero-order valence-corrected chi connectivity index (χ0v) is 15.9. The normalized spacial score (nSPS) is 17.3. The number of halogens is 1. The lowest BCUT2D eigenvalue weighted by atomic mass is 10.0. The molecule has 0 aliphatic carbocycles. The number of nitrogens with one attached hydrogen (secondary N) is 1. The molecule has 1 aliphatic rings. The minimum Gasteiger partial charge on any atom is -0.354 e. The van der Waals surface area contributed by atoms with E-state index in [0.29, 0.717) is 24.6 Å². The van der Waals surface area contributed by atoms with Crippen molar-refractivity contribution < 1.29 is 9.18 Å². The Hall–Kier alpha value is -2.80. The van der Waals surface area contributed by atoms with Crippen molar-refractivity contribution in [1.82, 2.24) is 25.0 Å². The molecular weight excluding hydrogens is 357 g/mol. The fourth-order valence-corrected chi connectivity index (χ4v) is 3.85. The first-order valence-electron chi connectivity index (χ1n) is 9.61. The molecule has 28 heavy (non-hydrogen) atoms. The second-order valence-corrected chi connectivity index (χ2v) is 7.39. The number of hydrogen-bond acceptors (Lipinski definition) is 4. The lowest BCUT2D eigenvalue weighted by Crippen LogP contribution is -2.29. The molecule has 3 heterocycles. The molecule has 0 radical (unpaired) electrons. The molecule has 4 rings (SSSR count). The third kappa shape index (κ3) is 4.04. The Morgan fingerprint density at radius 2 is 2.21 bits per heavy atom. The summed E-state index contributed by atoms with van der Waals surface area (Å²) < 4.78 is 15.1. The minimum atomic E-state index is -0.329. The van der Waals surface area contributed by atoms with Gasteiger partial charge < -0.3 is 10.2 Å². The Morgan fingerprint density at radius 3 is 3.00 bits per heavy atom. The number of benzene rings is 1. The first-order chi connectivity index (χ1) is 13.6. The maximum absolute atomic E-state index is 13.2. The van der Waals surface area contributed by atoms with E-state index >= 15 is 0 Å². The fraction of sp³-hybridized carbons (Fsp3) is 0.381. The molecule has 0 unspecified atom stereocenters. The highest BCUT2D eigenvalue weighted by Gasteiger charge is 2.26. The van der Waals surface area contributed by atoms with Gasteiger partial charge in [0.15, 0.2) is 5.65 Å². The summed E-state index contributed by atoms with van der Waals surface area (Å²) in [6, 6.07) is 10.1. The molecular formula is C21H24FN5O. The third-order valence-corrected chi connectivity index (χ3v) is 5.21. The van der Waals surface area contributed by atoms with Crippen LogP contribution in [0, 0.1) is 5.82 Å². The quantitative estimate of drug-likeness (QED) is 0.712. The molecule has 1 atom stereocenters. The Labute approximate surface area is 163 Å². The number of nitrogens with zero attached hydrogens (tertiary/aromatic N) is 4. The van der Waals surface area contributed by atoms with Crippen LogP contribution >= 0.6 is 0 Å². The number of pyridine rings is 1. The van der Waals surface area contributed by atoms with Gasteiger partial charge in [0.25, 0.3) is 0 Å². The van der Waals surface area contributed by atoms with Crippen molar-refractivity contribution in [1.29, 1.82) is 0 Å². The summed E-state index contributed by atoms with van der Waals surface area (Å²) in [7, 11) is 2.13. The highest BCUT2D eigenvalue weighted by Crippen LogP contribution is 2.30. The number of carbonyl (C=O) groups excluding carboxylic acids is 1. The van der Waals surface area contributed by atoms with Crippen LogP contribution in [0.5, 0.6) is 0 Å². The summed E-state index contributed by atoms with van der Waals surface area (Å²) in [5.41, 5.74) is 2.61. The van der Waals surface area contributed by atoms with Crippen LogP contribution in [0.15, 0.2) is 42.6 Å². The van der Waals surface area contributed by atoms with E-state index in [2.05, 4.69) is 28.3 Å². The van der Waals surface area contributed by atoms with E-state index in [9.17, 15) is 9.18 Å². The topological polar surface area (TPSA) is 63.1 Å². The number of likely N-dealkylation sites (N-methyl/N-ethyl adjacent to an activating group) is 1. The fourth-order valence-electron chi connectivity index (χ4n) is 3.85.